The Labute approximate surface area is 214 Å². The second kappa shape index (κ2) is 10.0. The summed E-state index contributed by atoms with van der Waals surface area (Å²) in [6.07, 6.45) is 10.4. The lowest BCUT2D eigenvalue weighted by Crippen LogP contribution is -2.70. The van der Waals surface area contributed by atoms with E-state index in [0.717, 1.165) is 30.4 Å². The van der Waals surface area contributed by atoms with Crippen LogP contribution in [0.4, 0.5) is 0 Å². The number of aliphatic imine (C=N–C) groups is 1. The minimum absolute atomic E-state index is 0.159. The number of rotatable bonds is 8. The first-order valence-electron chi connectivity index (χ1n) is 11.2. The number of fused-ring (bicyclic) bond motifs is 1. The predicted octanol–water partition coefficient (Wildman–Crippen LogP) is -0.0605. The molecule has 1 aromatic rings. The van der Waals surface area contributed by atoms with Crippen molar-refractivity contribution in [1.82, 2.24) is 14.9 Å². The first-order valence-corrected chi connectivity index (χ1v) is 13.1. The molecule has 4 atom stereocenters. The fourth-order valence-corrected chi connectivity index (χ4v) is 5.91. The molecule has 3 aliphatic heterocycles. The van der Waals surface area contributed by atoms with Crippen LogP contribution in [-0.2, 0) is 21.0 Å². The highest BCUT2D eigenvalue weighted by atomic mass is 32.2. The highest BCUT2D eigenvalue weighted by Crippen LogP contribution is 2.36. The number of aromatic carboxylic acids is 1. The molecule has 14 heteroatoms. The average Bonchev–Trinajstić information content (AvgIpc) is 3.55. The number of hydrogen-bond donors (Lipinski definition) is 4. The van der Waals surface area contributed by atoms with Crippen molar-refractivity contribution in [1.29, 1.82) is 0 Å². The van der Waals surface area contributed by atoms with Gasteiger partial charge in [-0.2, -0.15) is 0 Å². The Hall–Kier alpha value is -3.20. The number of β-lactam (4-membered cyclic amide) rings is 1. The molecule has 2 amide bonds. The molecule has 188 valence electrons. The maximum atomic E-state index is 13.2. The molecule has 0 spiro atoms. The van der Waals surface area contributed by atoms with E-state index < -0.39 is 23.7 Å². The lowest BCUT2D eigenvalue weighted by atomic mass is 10.1. The summed E-state index contributed by atoms with van der Waals surface area (Å²) in [6, 6.07) is 2.32. The highest BCUT2D eigenvalue weighted by Gasteiger charge is 2.51. The zero-order valence-corrected chi connectivity index (χ0v) is 20.6. The van der Waals surface area contributed by atoms with Gasteiger partial charge >= 0.3 is 5.97 Å². The van der Waals surface area contributed by atoms with Gasteiger partial charge in [-0.05, 0) is 30.9 Å². The van der Waals surface area contributed by atoms with Gasteiger partial charge in [-0.15, -0.1) is 11.8 Å². The number of nitrogens with one attached hydrogen (secondary N) is 2. The normalized spacial score (nSPS) is 29.0. The van der Waals surface area contributed by atoms with Crippen LogP contribution in [0.15, 0.2) is 58.6 Å². The van der Waals surface area contributed by atoms with E-state index in [4.69, 9.17) is 15.7 Å². The second-order valence-corrected chi connectivity index (χ2v) is 10.3. The molecule has 1 aromatic heterocycles. The zero-order chi connectivity index (χ0) is 25.3. The Morgan fingerprint density at radius 1 is 1.42 bits per heavy atom. The van der Waals surface area contributed by atoms with Gasteiger partial charge < -0.3 is 20.2 Å². The minimum Gasteiger partial charge on any atom is -0.478 e. The van der Waals surface area contributed by atoms with Gasteiger partial charge in [0.25, 0.3) is 11.8 Å². The zero-order valence-electron chi connectivity index (χ0n) is 18.9. The van der Waals surface area contributed by atoms with Crippen LogP contribution in [0.3, 0.4) is 0 Å². The fraction of sp³-hybridized carbons (Fsp3) is 0.364. The molecule has 1 saturated heterocycles. The average molecular weight is 531 g/mol. The number of allylic oxidation sites excluding steroid dienone is 1. The number of pyridine rings is 1. The van der Waals surface area contributed by atoms with Crippen LogP contribution in [0.1, 0.15) is 23.2 Å². The summed E-state index contributed by atoms with van der Waals surface area (Å²) in [6.45, 7) is 0.515. The van der Waals surface area contributed by atoms with Crippen molar-refractivity contribution >= 4 is 52.8 Å². The summed E-state index contributed by atoms with van der Waals surface area (Å²) >= 11 is 2.66. The molecule has 3 unspecified atom stereocenters. The molecule has 0 bridgehead atoms. The van der Waals surface area contributed by atoms with Gasteiger partial charge in [0.05, 0.1) is 11.1 Å². The number of thioether (sulfide) groups is 1. The number of carbonyl (C=O) groups excluding carboxylic acids is 2. The van der Waals surface area contributed by atoms with Crippen molar-refractivity contribution in [2.24, 2.45) is 15.9 Å². The Morgan fingerprint density at radius 3 is 2.89 bits per heavy atom. The van der Waals surface area contributed by atoms with E-state index in [-0.39, 0.29) is 28.7 Å². The monoisotopic (exact) mass is 530 g/mol. The molecule has 36 heavy (non-hydrogen) atoms. The first kappa shape index (κ1) is 24.5. The molecule has 1 aliphatic carbocycles. The van der Waals surface area contributed by atoms with Crippen molar-refractivity contribution in [2.45, 2.75) is 42.7 Å². The number of hydrogen-bond acceptors (Lipinski definition) is 10. The third kappa shape index (κ3) is 4.89. The number of carboxylic acid groups (broad SMARTS) is 1. The van der Waals surface area contributed by atoms with Crippen molar-refractivity contribution in [3.63, 3.8) is 0 Å². The molecular weight excluding hydrogens is 506 g/mol. The van der Waals surface area contributed by atoms with Gasteiger partial charge in [-0.3, -0.25) is 15.3 Å². The molecule has 1 fully saturated rings. The van der Waals surface area contributed by atoms with E-state index in [1.165, 1.54) is 29.4 Å². The van der Waals surface area contributed by atoms with Gasteiger partial charge in [-0.25, -0.2) is 19.1 Å². The Balaban J connectivity index is 1.24. The predicted molar refractivity (Wildman–Crippen MR) is 134 cm³/mol. The molecule has 0 saturated carbocycles. The quantitative estimate of drug-likeness (QED) is 0.0901. The third-order valence-corrected chi connectivity index (χ3v) is 8.02. The van der Waals surface area contributed by atoms with E-state index in [1.54, 1.807) is 23.5 Å². The van der Waals surface area contributed by atoms with Gasteiger partial charge in [0.1, 0.15) is 17.5 Å². The Kier molecular flexibility index (Phi) is 6.83. The number of carboxylic acids is 1. The van der Waals surface area contributed by atoms with Crippen molar-refractivity contribution in [3.8, 4) is 0 Å². The minimum atomic E-state index is -1.57. The number of oxime groups is 1. The number of aromatic nitrogens is 1. The molecule has 12 nitrogen and oxygen atoms in total. The number of nitrogens with two attached hydrogens (primary N) is 1. The lowest BCUT2D eigenvalue weighted by molar-refractivity contribution is -0.689. The molecule has 5 rings (SSSR count). The van der Waals surface area contributed by atoms with Crippen LogP contribution in [0.25, 0.3) is 0 Å². The van der Waals surface area contributed by atoms with Gasteiger partial charge in [0.15, 0.2) is 18.9 Å². The van der Waals surface area contributed by atoms with E-state index in [1.807, 2.05) is 16.7 Å². The summed E-state index contributed by atoms with van der Waals surface area (Å²) in [5, 5.41) is 15.6. The fourth-order valence-electron chi connectivity index (χ4n) is 4.05. The SMILES string of the molecule is NC1(/C(=N/OC2C=CCC2)C(=O)NC2C(=O)N3C=C(C[n+]4ccc(C(=O)O)cc4)CS[C@H]23)N=CSN1. The Morgan fingerprint density at radius 2 is 2.22 bits per heavy atom. The van der Waals surface area contributed by atoms with E-state index in [9.17, 15) is 14.4 Å². The Bertz CT molecular complexity index is 1200. The van der Waals surface area contributed by atoms with Crippen molar-refractivity contribution in [2.75, 3.05) is 5.75 Å². The second-order valence-electron chi connectivity index (χ2n) is 8.56. The molecule has 0 radical (unpaired) electrons. The standard InChI is InChI=1S/C22H23N7O5S2/c23-22(24-12-36-27-22)17(26-34-15-3-1-2-4-15)18(30)25-16-19(31)29-10-13(11-35-20(16)29)9-28-7-5-14(6-8-28)21(32)33/h1,3,5-8,10,12,15-16,20,27H,2,4,9,11,23H2,(H-,25,30,32,33)/p+1/b26-17+/t15?,16?,20-,22?/m1/s1. The van der Waals surface area contributed by atoms with Crippen LogP contribution in [-0.4, -0.2) is 68.1 Å². The summed E-state index contributed by atoms with van der Waals surface area (Å²) in [4.78, 5) is 48.3. The van der Waals surface area contributed by atoms with Crippen LogP contribution >= 0.6 is 23.7 Å². The first-order chi connectivity index (χ1) is 17.3. The van der Waals surface area contributed by atoms with Crippen LogP contribution in [0.2, 0.25) is 0 Å². The number of carbonyl (C=O) groups is 3. The molecular formula is C22H24N7O5S2+. The lowest BCUT2D eigenvalue weighted by Gasteiger charge is -2.47. The van der Waals surface area contributed by atoms with E-state index >= 15 is 0 Å². The number of amides is 2. The van der Waals surface area contributed by atoms with Gasteiger partial charge in [0, 0.05) is 29.7 Å². The van der Waals surface area contributed by atoms with Gasteiger partial charge in [0.2, 0.25) is 11.5 Å². The van der Waals surface area contributed by atoms with E-state index in [2.05, 4.69) is 20.2 Å². The van der Waals surface area contributed by atoms with Crippen molar-refractivity contribution in [3.05, 3.63) is 54.0 Å². The maximum Gasteiger partial charge on any atom is 0.336 e. The largest absolute Gasteiger partial charge is 0.478 e. The summed E-state index contributed by atoms with van der Waals surface area (Å²) in [7, 11) is 0. The van der Waals surface area contributed by atoms with Crippen LogP contribution < -0.4 is 20.3 Å². The molecule has 4 aliphatic rings. The highest BCUT2D eigenvalue weighted by molar-refractivity contribution is 8.10. The summed E-state index contributed by atoms with van der Waals surface area (Å²) in [5.41, 5.74) is 8.76. The molecule has 4 heterocycles. The van der Waals surface area contributed by atoms with Crippen molar-refractivity contribution < 1.29 is 28.9 Å². The number of nitrogens with zero attached hydrogens (tertiary/aromatic N) is 4. The summed E-state index contributed by atoms with van der Waals surface area (Å²) < 4.78 is 4.69. The molecule has 5 N–H and O–H groups in total. The smallest absolute Gasteiger partial charge is 0.336 e. The van der Waals surface area contributed by atoms with E-state index in [0.29, 0.717) is 12.3 Å². The van der Waals surface area contributed by atoms with Crippen LogP contribution in [0.5, 0.6) is 0 Å². The topological polar surface area (TPSA) is 163 Å². The summed E-state index contributed by atoms with van der Waals surface area (Å²) in [5.74, 6) is -2.78. The van der Waals surface area contributed by atoms with Crippen LogP contribution in [0, 0.1) is 0 Å². The maximum absolute atomic E-state index is 13.2. The molecule has 0 aromatic carbocycles. The third-order valence-electron chi connectivity index (χ3n) is 6.00. The van der Waals surface area contributed by atoms with Gasteiger partial charge in [-0.1, -0.05) is 11.2 Å².